The van der Waals surface area contributed by atoms with Gasteiger partial charge >= 0.3 is 0 Å². The minimum atomic E-state index is 0. The maximum atomic E-state index is 7.57. The van der Waals surface area contributed by atoms with Gasteiger partial charge in [-0.2, -0.15) is 0 Å². The molecule has 5 heavy (non-hydrogen) atoms. The molecule has 0 spiro atoms. The van der Waals surface area contributed by atoms with Crippen molar-refractivity contribution in [2.75, 3.05) is 6.61 Å². The standard InChI is InChI=1S/C2H6O.ClH.Rb/c1-2-3;;/h3H,2H2,1H3;1H;. The molecule has 0 rings (SSSR count). The third kappa shape index (κ3) is 23.6. The molecule has 0 aliphatic rings. The summed E-state index contributed by atoms with van der Waals surface area (Å²) in [6.07, 6.45) is 0. The summed E-state index contributed by atoms with van der Waals surface area (Å²) in [6.45, 7) is 1.93. The third-order valence-corrected chi connectivity index (χ3v) is 0. The van der Waals surface area contributed by atoms with Crippen LogP contribution in [0.15, 0.2) is 0 Å². The summed E-state index contributed by atoms with van der Waals surface area (Å²) in [5.41, 5.74) is 0. The molecule has 0 atom stereocenters. The Labute approximate surface area is 87.3 Å². The third-order valence-electron chi connectivity index (χ3n) is 0. The summed E-state index contributed by atoms with van der Waals surface area (Å²) in [5, 5.41) is 7.57. The number of aliphatic hydroxyl groups excluding tert-OH is 1. The summed E-state index contributed by atoms with van der Waals surface area (Å²) < 4.78 is 0. The van der Waals surface area contributed by atoms with E-state index in [4.69, 9.17) is 5.11 Å². The van der Waals surface area contributed by atoms with Gasteiger partial charge in [-0.3, -0.25) is 0 Å². The van der Waals surface area contributed by atoms with E-state index in [1.54, 1.807) is 6.92 Å². The molecule has 0 unspecified atom stereocenters. The van der Waals surface area contributed by atoms with Crippen molar-refractivity contribution in [1.29, 1.82) is 0 Å². The number of rotatable bonds is 0. The fraction of sp³-hybridized carbons (Fsp3) is 1.00. The average molecular weight is 168 g/mol. The molecule has 0 saturated heterocycles. The zero-order chi connectivity index (χ0) is 2.71. The molecule has 3 heteroatoms. The van der Waals surface area contributed by atoms with E-state index in [1.807, 2.05) is 0 Å². The fourth-order valence-corrected chi connectivity index (χ4v) is 0. The van der Waals surface area contributed by atoms with Crippen LogP contribution in [0.3, 0.4) is 0 Å². The predicted molar refractivity (Wildman–Crippen MR) is 25.8 cm³/mol. The molecule has 0 fully saturated rings. The molecule has 0 aromatic carbocycles. The smallest absolute Gasteiger partial charge is 0.0402 e. The van der Waals surface area contributed by atoms with Gasteiger partial charge in [-0.15, -0.1) is 12.4 Å². The van der Waals surface area contributed by atoms with E-state index >= 15 is 0 Å². The minimum absolute atomic E-state index is 0. The van der Waals surface area contributed by atoms with E-state index < -0.39 is 0 Å². The molecule has 0 aromatic rings. The quantitative estimate of drug-likeness (QED) is 0.541. The number of aliphatic hydroxyl groups is 1. The zero-order valence-electron chi connectivity index (χ0n) is 3.56. The minimum Gasteiger partial charge on any atom is -0.397 e. The van der Waals surface area contributed by atoms with Crippen molar-refractivity contribution in [2.24, 2.45) is 0 Å². The molecule has 29 valence electrons. The van der Waals surface area contributed by atoms with Crippen LogP contribution in [-0.2, 0) is 0 Å². The van der Waals surface area contributed by atoms with Crippen LogP contribution < -0.4 is 0 Å². The first-order chi connectivity index (χ1) is 1.41. The molecule has 0 bridgehead atoms. The molecule has 0 aromatic heterocycles. The Balaban J connectivity index is -0.0000000200. The van der Waals surface area contributed by atoms with Crippen LogP contribution in [0.5, 0.6) is 0 Å². The van der Waals surface area contributed by atoms with Crippen molar-refractivity contribution in [2.45, 2.75) is 6.92 Å². The van der Waals surface area contributed by atoms with Crippen LogP contribution in [-0.4, -0.2) is 69.9 Å². The first-order valence-corrected chi connectivity index (χ1v) is 1.02. The van der Waals surface area contributed by atoms with Crippen LogP contribution >= 0.6 is 12.4 Å². The van der Waals surface area contributed by atoms with Crippen LogP contribution in [0, 0.1) is 0 Å². The Morgan fingerprint density at radius 3 is 1.60 bits per heavy atom. The Bertz CT molecular complexity index is 9.61. The van der Waals surface area contributed by atoms with Gasteiger partial charge in [0.15, 0.2) is 0 Å². The topological polar surface area (TPSA) is 20.2 Å². The van der Waals surface area contributed by atoms with Gasteiger partial charge < -0.3 is 5.11 Å². The van der Waals surface area contributed by atoms with Crippen LogP contribution in [0.4, 0.5) is 0 Å². The van der Waals surface area contributed by atoms with Gasteiger partial charge in [0.25, 0.3) is 0 Å². The molecule has 1 radical (unpaired) electrons. The number of hydrogen-bond donors (Lipinski definition) is 1. The van der Waals surface area contributed by atoms with E-state index in [9.17, 15) is 0 Å². The second-order valence-corrected chi connectivity index (χ2v) is 0.316. The molecule has 0 heterocycles. The molecule has 0 aliphatic carbocycles. The Morgan fingerprint density at radius 2 is 1.60 bits per heavy atom. The van der Waals surface area contributed by atoms with Gasteiger partial charge in [0, 0.05) is 64.8 Å². The Kier molecular flexibility index (Phi) is 52.2. The van der Waals surface area contributed by atoms with Crippen molar-refractivity contribution in [1.82, 2.24) is 0 Å². The second kappa shape index (κ2) is 16.6. The monoisotopic (exact) mass is 167 g/mol. The maximum absolute atomic E-state index is 7.57. The molecular weight excluding hydrogens is 161 g/mol. The molecular formula is C2H7ClORb. The summed E-state index contributed by atoms with van der Waals surface area (Å²) in [7, 11) is 0. The maximum Gasteiger partial charge on any atom is 0.0402 e. The molecule has 1 nitrogen and oxygen atoms in total. The molecule has 0 saturated carbocycles. The average Bonchev–Trinajstić information content (AvgIpc) is 0.918. The van der Waals surface area contributed by atoms with E-state index in [1.165, 1.54) is 0 Å². The number of halogens is 1. The first kappa shape index (κ1) is 15.7. The Morgan fingerprint density at radius 1 is 1.60 bits per heavy atom. The van der Waals surface area contributed by atoms with E-state index in [0.29, 0.717) is 0 Å². The molecule has 0 amide bonds. The van der Waals surface area contributed by atoms with Crippen LogP contribution in [0.2, 0.25) is 0 Å². The van der Waals surface area contributed by atoms with E-state index in [2.05, 4.69) is 0 Å². The second-order valence-electron chi connectivity index (χ2n) is 0.316. The van der Waals surface area contributed by atoms with Crippen molar-refractivity contribution < 1.29 is 5.11 Å². The van der Waals surface area contributed by atoms with Gasteiger partial charge in [0.1, 0.15) is 0 Å². The van der Waals surface area contributed by atoms with Crippen molar-refractivity contribution in [3.63, 3.8) is 0 Å². The first-order valence-electron chi connectivity index (χ1n) is 1.02. The fourth-order valence-electron chi connectivity index (χ4n) is 0. The van der Waals surface area contributed by atoms with Crippen LogP contribution in [0.25, 0.3) is 0 Å². The van der Waals surface area contributed by atoms with Crippen molar-refractivity contribution in [3.8, 4) is 0 Å². The predicted octanol–water partition coefficient (Wildman–Crippen LogP) is 0.0396. The molecule has 0 aliphatic heterocycles. The largest absolute Gasteiger partial charge is 0.397 e. The number of hydrogen-bond acceptors (Lipinski definition) is 1. The summed E-state index contributed by atoms with van der Waals surface area (Å²) in [4.78, 5) is 0. The van der Waals surface area contributed by atoms with Crippen LogP contribution in [0.1, 0.15) is 6.92 Å². The van der Waals surface area contributed by atoms with Crippen molar-refractivity contribution >= 4 is 70.6 Å². The van der Waals surface area contributed by atoms with Gasteiger partial charge in [0.2, 0.25) is 0 Å². The Hall–Kier alpha value is 2.06. The normalized spacial score (nSPS) is 3.60. The zero-order valence-corrected chi connectivity index (χ0v) is 9.30. The van der Waals surface area contributed by atoms with Gasteiger partial charge in [-0.05, 0) is 6.92 Å². The van der Waals surface area contributed by atoms with Gasteiger partial charge in [-0.1, -0.05) is 0 Å². The van der Waals surface area contributed by atoms with Gasteiger partial charge in [-0.25, -0.2) is 0 Å². The summed E-state index contributed by atoms with van der Waals surface area (Å²) in [6, 6.07) is 0. The van der Waals surface area contributed by atoms with Crippen molar-refractivity contribution in [3.05, 3.63) is 0 Å². The van der Waals surface area contributed by atoms with E-state index in [-0.39, 0.29) is 77.2 Å². The summed E-state index contributed by atoms with van der Waals surface area (Å²) >= 11 is 0. The van der Waals surface area contributed by atoms with E-state index in [0.717, 1.165) is 0 Å². The van der Waals surface area contributed by atoms with Gasteiger partial charge in [0.05, 0.1) is 0 Å². The SMILES string of the molecule is CCO.Cl.[Rb]. The molecule has 1 N–H and O–H groups in total. The summed E-state index contributed by atoms with van der Waals surface area (Å²) in [5.74, 6) is 0.